The van der Waals surface area contributed by atoms with Crippen LogP contribution in [0.15, 0.2) is 18.2 Å². The highest BCUT2D eigenvalue weighted by atomic mass is 19.1. The van der Waals surface area contributed by atoms with E-state index < -0.39 is 0 Å². The average Bonchev–Trinajstić information content (AvgIpc) is 2.22. The molecule has 0 atom stereocenters. The smallest absolute Gasteiger partial charge is 0.246 e. The van der Waals surface area contributed by atoms with Crippen molar-refractivity contribution in [1.29, 1.82) is 0 Å². The molecule has 16 heavy (non-hydrogen) atoms. The van der Waals surface area contributed by atoms with Crippen LogP contribution in [0.1, 0.15) is 5.56 Å². The van der Waals surface area contributed by atoms with Crippen molar-refractivity contribution in [1.82, 2.24) is 5.32 Å². The minimum atomic E-state index is -0.352. The molecule has 1 aliphatic rings. The van der Waals surface area contributed by atoms with Crippen LogP contribution in [0, 0.1) is 12.7 Å². The molecule has 1 fully saturated rings. The van der Waals surface area contributed by atoms with E-state index >= 15 is 0 Å². The van der Waals surface area contributed by atoms with Crippen molar-refractivity contribution in [3.63, 3.8) is 0 Å². The lowest BCUT2D eigenvalue weighted by atomic mass is 10.1. The molecule has 0 radical (unpaired) electrons. The number of hydrogen-bond donors (Lipinski definition) is 1. The molecule has 0 bridgehead atoms. The molecule has 1 saturated heterocycles. The van der Waals surface area contributed by atoms with Crippen molar-refractivity contribution < 1.29 is 14.0 Å². The van der Waals surface area contributed by atoms with Crippen LogP contribution in [0.3, 0.4) is 0 Å². The summed E-state index contributed by atoms with van der Waals surface area (Å²) in [5.41, 5.74) is 1.23. The van der Waals surface area contributed by atoms with Gasteiger partial charge in [-0.1, -0.05) is 0 Å². The van der Waals surface area contributed by atoms with Gasteiger partial charge in [-0.3, -0.25) is 9.59 Å². The molecule has 0 spiro atoms. The van der Waals surface area contributed by atoms with Crippen LogP contribution in [0.25, 0.3) is 0 Å². The highest BCUT2D eigenvalue weighted by molar-refractivity contribution is 6.04. The van der Waals surface area contributed by atoms with E-state index in [0.717, 1.165) is 0 Å². The fourth-order valence-corrected chi connectivity index (χ4v) is 1.70. The second-order valence-corrected chi connectivity index (χ2v) is 3.69. The number of nitrogens with one attached hydrogen (secondary N) is 1. The van der Waals surface area contributed by atoms with E-state index in [-0.39, 0.29) is 30.7 Å². The fraction of sp³-hybridized carbons (Fsp3) is 0.273. The molecular formula is C11H11FN2O2. The number of carbonyl (C=O) groups is 2. The second-order valence-electron chi connectivity index (χ2n) is 3.69. The third-order valence-electron chi connectivity index (χ3n) is 2.49. The molecule has 1 N–H and O–H groups in total. The zero-order chi connectivity index (χ0) is 11.7. The van der Waals surface area contributed by atoms with Gasteiger partial charge in [0, 0.05) is 5.69 Å². The normalized spacial score (nSPS) is 16.2. The average molecular weight is 222 g/mol. The number of carbonyl (C=O) groups excluding carboxylic acids is 2. The van der Waals surface area contributed by atoms with Crippen molar-refractivity contribution in [2.75, 3.05) is 18.0 Å². The largest absolute Gasteiger partial charge is 0.345 e. The topological polar surface area (TPSA) is 49.4 Å². The molecule has 1 aromatic rings. The van der Waals surface area contributed by atoms with Crippen LogP contribution in [-0.4, -0.2) is 24.9 Å². The monoisotopic (exact) mass is 222 g/mol. The molecule has 0 aliphatic carbocycles. The summed E-state index contributed by atoms with van der Waals surface area (Å²) < 4.78 is 12.9. The van der Waals surface area contributed by atoms with Gasteiger partial charge in [-0.05, 0) is 30.7 Å². The summed E-state index contributed by atoms with van der Waals surface area (Å²) in [5.74, 6) is -0.743. The zero-order valence-corrected chi connectivity index (χ0v) is 8.79. The molecule has 0 unspecified atom stereocenters. The Morgan fingerprint density at radius 2 is 2.12 bits per heavy atom. The molecule has 2 rings (SSSR count). The Bertz CT molecular complexity index is 459. The van der Waals surface area contributed by atoms with E-state index in [1.807, 2.05) is 0 Å². The number of piperazine rings is 1. The molecule has 2 amide bonds. The second kappa shape index (κ2) is 3.92. The number of hydrogen-bond acceptors (Lipinski definition) is 2. The SMILES string of the molecule is Cc1cc(F)ccc1N1CC(=O)NCC1=O. The Labute approximate surface area is 92.0 Å². The molecule has 1 heterocycles. The maximum atomic E-state index is 12.9. The number of benzene rings is 1. The molecule has 0 saturated carbocycles. The summed E-state index contributed by atoms with van der Waals surface area (Å²) >= 11 is 0. The summed E-state index contributed by atoms with van der Waals surface area (Å²) in [6.45, 7) is 1.69. The van der Waals surface area contributed by atoms with Crippen LogP contribution in [0.5, 0.6) is 0 Å². The van der Waals surface area contributed by atoms with E-state index in [1.54, 1.807) is 6.92 Å². The van der Waals surface area contributed by atoms with Crippen molar-refractivity contribution in [2.24, 2.45) is 0 Å². The highest BCUT2D eigenvalue weighted by Crippen LogP contribution is 2.21. The number of aryl methyl sites for hydroxylation is 1. The minimum absolute atomic E-state index is 0.00432. The van der Waals surface area contributed by atoms with Gasteiger partial charge in [-0.2, -0.15) is 0 Å². The van der Waals surface area contributed by atoms with E-state index in [2.05, 4.69) is 5.32 Å². The number of nitrogens with zero attached hydrogens (tertiary/aromatic N) is 1. The molecule has 1 aromatic carbocycles. The quantitative estimate of drug-likeness (QED) is 0.756. The lowest BCUT2D eigenvalue weighted by molar-refractivity contribution is -0.128. The summed E-state index contributed by atoms with van der Waals surface area (Å²) in [4.78, 5) is 24.2. The van der Waals surface area contributed by atoms with Gasteiger partial charge >= 0.3 is 0 Å². The van der Waals surface area contributed by atoms with Crippen LogP contribution >= 0.6 is 0 Å². The molecule has 5 heteroatoms. The Balaban J connectivity index is 2.35. The first-order valence-electron chi connectivity index (χ1n) is 4.91. The zero-order valence-electron chi connectivity index (χ0n) is 8.79. The first-order chi connectivity index (χ1) is 7.58. The van der Waals surface area contributed by atoms with Crippen molar-refractivity contribution in [3.8, 4) is 0 Å². The lowest BCUT2D eigenvalue weighted by Crippen LogP contribution is -2.51. The van der Waals surface area contributed by atoms with E-state index in [0.29, 0.717) is 11.3 Å². The van der Waals surface area contributed by atoms with E-state index in [1.165, 1.54) is 23.1 Å². The summed E-state index contributed by atoms with van der Waals surface area (Å²) in [5, 5.41) is 2.46. The first-order valence-corrected chi connectivity index (χ1v) is 4.91. The number of halogens is 1. The Hall–Kier alpha value is -1.91. The minimum Gasteiger partial charge on any atom is -0.345 e. The fourth-order valence-electron chi connectivity index (χ4n) is 1.70. The van der Waals surface area contributed by atoms with Gasteiger partial charge in [-0.25, -0.2) is 4.39 Å². The third-order valence-corrected chi connectivity index (χ3v) is 2.49. The predicted octanol–water partition coefficient (Wildman–Crippen LogP) is 0.597. The van der Waals surface area contributed by atoms with Gasteiger partial charge in [0.15, 0.2) is 0 Å². The molecule has 0 aromatic heterocycles. The standard InChI is InChI=1S/C11H11FN2O2/c1-7-4-8(12)2-3-9(7)14-6-10(15)13-5-11(14)16/h2-4H,5-6H2,1H3,(H,13,15). The van der Waals surface area contributed by atoms with Crippen LogP contribution < -0.4 is 10.2 Å². The van der Waals surface area contributed by atoms with Crippen molar-refractivity contribution >= 4 is 17.5 Å². The van der Waals surface area contributed by atoms with Gasteiger partial charge in [0.2, 0.25) is 11.8 Å². The summed E-state index contributed by atoms with van der Waals surface area (Å²) in [7, 11) is 0. The van der Waals surface area contributed by atoms with Gasteiger partial charge < -0.3 is 10.2 Å². The van der Waals surface area contributed by atoms with Crippen molar-refractivity contribution in [2.45, 2.75) is 6.92 Å². The van der Waals surface area contributed by atoms with Crippen LogP contribution in [0.4, 0.5) is 10.1 Å². The van der Waals surface area contributed by atoms with Crippen LogP contribution in [0.2, 0.25) is 0 Å². The van der Waals surface area contributed by atoms with E-state index in [9.17, 15) is 14.0 Å². The van der Waals surface area contributed by atoms with Crippen LogP contribution in [-0.2, 0) is 9.59 Å². The third kappa shape index (κ3) is 1.88. The first kappa shape index (κ1) is 10.6. The highest BCUT2D eigenvalue weighted by Gasteiger charge is 2.25. The maximum absolute atomic E-state index is 12.9. The maximum Gasteiger partial charge on any atom is 0.246 e. The van der Waals surface area contributed by atoms with Crippen molar-refractivity contribution in [3.05, 3.63) is 29.6 Å². The molecule has 1 aliphatic heterocycles. The number of amides is 2. The summed E-state index contributed by atoms with van der Waals surface area (Å²) in [6, 6.07) is 4.14. The molecular weight excluding hydrogens is 211 g/mol. The van der Waals surface area contributed by atoms with Gasteiger partial charge in [0.1, 0.15) is 12.4 Å². The Kier molecular flexibility index (Phi) is 2.60. The molecule has 4 nitrogen and oxygen atoms in total. The molecule has 84 valence electrons. The summed E-state index contributed by atoms with van der Waals surface area (Å²) in [6.07, 6.45) is 0. The Morgan fingerprint density at radius 1 is 1.38 bits per heavy atom. The number of rotatable bonds is 1. The lowest BCUT2D eigenvalue weighted by Gasteiger charge is -2.27. The predicted molar refractivity (Wildman–Crippen MR) is 56.5 cm³/mol. The van der Waals surface area contributed by atoms with Gasteiger partial charge in [-0.15, -0.1) is 0 Å². The Morgan fingerprint density at radius 3 is 2.81 bits per heavy atom. The number of anilines is 1. The van der Waals surface area contributed by atoms with E-state index in [4.69, 9.17) is 0 Å². The van der Waals surface area contributed by atoms with Gasteiger partial charge in [0.05, 0.1) is 6.54 Å². The van der Waals surface area contributed by atoms with Gasteiger partial charge in [0.25, 0.3) is 0 Å².